The summed E-state index contributed by atoms with van der Waals surface area (Å²) in [7, 11) is 1.53. The second-order valence-electron chi connectivity index (χ2n) is 5.72. The number of carbonyl (C=O) groups is 3. The predicted octanol–water partition coefficient (Wildman–Crippen LogP) is -0.0546. The van der Waals surface area contributed by atoms with Crippen molar-refractivity contribution >= 4 is 17.8 Å². The number of ether oxygens (including phenoxy) is 1. The number of likely N-dealkylation sites (tertiary alicyclic amines) is 2. The van der Waals surface area contributed by atoms with Gasteiger partial charge in [0, 0.05) is 46.0 Å². The van der Waals surface area contributed by atoms with E-state index in [-0.39, 0.29) is 23.8 Å². The van der Waals surface area contributed by atoms with Crippen LogP contribution >= 0.6 is 0 Å². The van der Waals surface area contributed by atoms with Gasteiger partial charge in [-0.1, -0.05) is 0 Å². The van der Waals surface area contributed by atoms with Crippen molar-refractivity contribution in [1.82, 2.24) is 9.80 Å². The van der Waals surface area contributed by atoms with Gasteiger partial charge in [-0.25, -0.2) is 4.79 Å². The molecule has 118 valence electrons. The highest BCUT2D eigenvalue weighted by Gasteiger charge is 2.42. The average Bonchev–Trinajstić information content (AvgIpc) is 2.91. The minimum atomic E-state index is -0.982. The molecule has 7 nitrogen and oxygen atoms in total. The highest BCUT2D eigenvalue weighted by molar-refractivity contribution is 5.86. The van der Waals surface area contributed by atoms with E-state index in [0.717, 1.165) is 0 Å². The van der Waals surface area contributed by atoms with Crippen molar-refractivity contribution in [3.63, 3.8) is 0 Å². The van der Waals surface area contributed by atoms with Crippen LogP contribution in [0.1, 0.15) is 26.2 Å². The molecule has 2 amide bonds. The third-order valence-electron chi connectivity index (χ3n) is 4.45. The maximum absolute atomic E-state index is 12.6. The molecule has 1 N–H and O–H groups in total. The molecule has 2 aliphatic rings. The van der Waals surface area contributed by atoms with E-state index in [0.29, 0.717) is 38.9 Å². The summed E-state index contributed by atoms with van der Waals surface area (Å²) in [5.41, 5.74) is 0. The van der Waals surface area contributed by atoms with Gasteiger partial charge in [0.15, 0.2) is 0 Å². The Labute approximate surface area is 123 Å². The molecule has 0 aromatic heterocycles. The van der Waals surface area contributed by atoms with Crippen molar-refractivity contribution in [2.75, 3.05) is 26.7 Å². The van der Waals surface area contributed by atoms with Gasteiger partial charge < -0.3 is 19.6 Å². The molecule has 2 aliphatic heterocycles. The summed E-state index contributed by atoms with van der Waals surface area (Å²) in [5, 5.41) is 9.26. The summed E-state index contributed by atoms with van der Waals surface area (Å²) in [4.78, 5) is 38.3. The highest BCUT2D eigenvalue weighted by Crippen LogP contribution is 2.26. The molecule has 0 aromatic rings. The minimum absolute atomic E-state index is 0.0185. The van der Waals surface area contributed by atoms with Crippen molar-refractivity contribution in [2.45, 2.75) is 38.3 Å². The van der Waals surface area contributed by atoms with E-state index in [2.05, 4.69) is 0 Å². The van der Waals surface area contributed by atoms with Crippen LogP contribution in [0.4, 0.5) is 0 Å². The smallest absolute Gasteiger partial charge is 0.326 e. The van der Waals surface area contributed by atoms with E-state index in [1.807, 2.05) is 0 Å². The third kappa shape index (κ3) is 3.34. The number of nitrogens with zero attached hydrogens (tertiary/aromatic N) is 2. The molecule has 0 saturated carbocycles. The number of piperidine rings is 1. The first-order chi connectivity index (χ1) is 9.93. The Hall–Kier alpha value is -1.63. The Morgan fingerprint density at radius 3 is 2.29 bits per heavy atom. The van der Waals surface area contributed by atoms with Gasteiger partial charge in [-0.2, -0.15) is 0 Å². The number of aliphatic carboxylic acids is 1. The van der Waals surface area contributed by atoms with E-state index < -0.39 is 12.0 Å². The molecule has 2 atom stereocenters. The van der Waals surface area contributed by atoms with Crippen LogP contribution in [-0.2, 0) is 19.1 Å². The summed E-state index contributed by atoms with van der Waals surface area (Å²) in [6, 6.07) is -0.798. The molecule has 0 bridgehead atoms. The molecule has 2 rings (SSSR count). The molecule has 0 radical (unpaired) electrons. The normalized spacial score (nSPS) is 27.0. The van der Waals surface area contributed by atoms with Crippen LogP contribution in [0, 0.1) is 5.92 Å². The van der Waals surface area contributed by atoms with E-state index >= 15 is 0 Å². The van der Waals surface area contributed by atoms with E-state index in [9.17, 15) is 19.5 Å². The molecular formula is C14H22N2O5. The predicted molar refractivity (Wildman–Crippen MR) is 73.5 cm³/mol. The molecule has 2 fully saturated rings. The largest absolute Gasteiger partial charge is 0.480 e. The number of amides is 2. The van der Waals surface area contributed by atoms with Gasteiger partial charge in [-0.3, -0.25) is 9.59 Å². The lowest BCUT2D eigenvalue weighted by Gasteiger charge is -2.33. The van der Waals surface area contributed by atoms with Crippen molar-refractivity contribution in [1.29, 1.82) is 0 Å². The molecular weight excluding hydrogens is 276 g/mol. The fourth-order valence-corrected chi connectivity index (χ4v) is 3.12. The molecule has 2 saturated heterocycles. The molecule has 21 heavy (non-hydrogen) atoms. The second kappa shape index (κ2) is 6.43. The van der Waals surface area contributed by atoms with Gasteiger partial charge in [0.2, 0.25) is 11.8 Å². The first-order valence-corrected chi connectivity index (χ1v) is 7.25. The average molecular weight is 298 g/mol. The quantitative estimate of drug-likeness (QED) is 0.789. The zero-order valence-electron chi connectivity index (χ0n) is 12.4. The standard InChI is InChI=1S/C14H22N2O5/c1-9(17)15-5-3-10(4-6-15)13(18)16-8-11(21-2)7-12(16)14(19)20/h10-12H,3-8H2,1-2H3,(H,19,20). The van der Waals surface area contributed by atoms with Crippen LogP contribution in [-0.4, -0.2) is 71.6 Å². The number of hydrogen-bond donors (Lipinski definition) is 1. The monoisotopic (exact) mass is 298 g/mol. The third-order valence-corrected chi connectivity index (χ3v) is 4.45. The van der Waals surface area contributed by atoms with Gasteiger partial charge in [-0.15, -0.1) is 0 Å². The van der Waals surface area contributed by atoms with Crippen molar-refractivity contribution in [3.8, 4) is 0 Å². The molecule has 2 unspecified atom stereocenters. The number of rotatable bonds is 3. The Kier molecular flexibility index (Phi) is 4.82. The molecule has 0 aromatic carbocycles. The van der Waals surface area contributed by atoms with Gasteiger partial charge in [0.25, 0.3) is 0 Å². The number of hydrogen-bond acceptors (Lipinski definition) is 4. The summed E-state index contributed by atoms with van der Waals surface area (Å²) < 4.78 is 5.20. The van der Waals surface area contributed by atoms with Crippen LogP contribution in [0.25, 0.3) is 0 Å². The maximum atomic E-state index is 12.6. The zero-order valence-corrected chi connectivity index (χ0v) is 12.4. The Bertz CT molecular complexity index is 431. The fraction of sp³-hybridized carbons (Fsp3) is 0.786. The SMILES string of the molecule is COC1CC(C(=O)O)N(C(=O)C2CCN(C(C)=O)CC2)C1. The zero-order chi connectivity index (χ0) is 15.6. The summed E-state index contributed by atoms with van der Waals surface area (Å²) in [5.74, 6) is -1.28. The van der Waals surface area contributed by atoms with Crippen LogP contribution in [0.3, 0.4) is 0 Å². The van der Waals surface area contributed by atoms with Gasteiger partial charge in [-0.05, 0) is 12.8 Å². The van der Waals surface area contributed by atoms with E-state index in [1.54, 1.807) is 4.90 Å². The van der Waals surface area contributed by atoms with Crippen LogP contribution < -0.4 is 0 Å². The van der Waals surface area contributed by atoms with Gasteiger partial charge in [0.1, 0.15) is 6.04 Å². The van der Waals surface area contributed by atoms with Gasteiger partial charge >= 0.3 is 5.97 Å². The van der Waals surface area contributed by atoms with Crippen molar-refractivity contribution in [2.24, 2.45) is 5.92 Å². The first-order valence-electron chi connectivity index (χ1n) is 7.25. The summed E-state index contributed by atoms with van der Waals surface area (Å²) in [6.45, 7) is 2.97. The minimum Gasteiger partial charge on any atom is -0.480 e. The number of methoxy groups -OCH3 is 1. The Morgan fingerprint density at radius 1 is 1.19 bits per heavy atom. The Morgan fingerprint density at radius 2 is 1.81 bits per heavy atom. The summed E-state index contributed by atoms with van der Waals surface area (Å²) >= 11 is 0. The fourth-order valence-electron chi connectivity index (χ4n) is 3.12. The summed E-state index contributed by atoms with van der Waals surface area (Å²) in [6.07, 6.45) is 1.31. The number of carboxylic acids is 1. The van der Waals surface area contributed by atoms with Gasteiger partial charge in [0.05, 0.1) is 6.10 Å². The molecule has 0 aliphatic carbocycles. The van der Waals surface area contributed by atoms with E-state index in [4.69, 9.17) is 4.74 Å². The second-order valence-corrected chi connectivity index (χ2v) is 5.72. The van der Waals surface area contributed by atoms with E-state index in [1.165, 1.54) is 18.9 Å². The number of carbonyl (C=O) groups excluding carboxylic acids is 2. The lowest BCUT2D eigenvalue weighted by molar-refractivity contribution is -0.151. The Balaban J connectivity index is 1.99. The topological polar surface area (TPSA) is 87.2 Å². The maximum Gasteiger partial charge on any atom is 0.326 e. The van der Waals surface area contributed by atoms with Crippen molar-refractivity contribution < 1.29 is 24.2 Å². The lowest BCUT2D eigenvalue weighted by atomic mass is 9.95. The first kappa shape index (κ1) is 15.8. The van der Waals surface area contributed by atoms with Crippen LogP contribution in [0.5, 0.6) is 0 Å². The molecule has 2 heterocycles. The van der Waals surface area contributed by atoms with Crippen LogP contribution in [0.15, 0.2) is 0 Å². The lowest BCUT2D eigenvalue weighted by Crippen LogP contribution is -2.47. The molecule has 0 spiro atoms. The highest BCUT2D eigenvalue weighted by atomic mass is 16.5. The molecule has 7 heteroatoms. The number of carboxylic acid groups (broad SMARTS) is 1. The van der Waals surface area contributed by atoms with Crippen LogP contribution in [0.2, 0.25) is 0 Å². The van der Waals surface area contributed by atoms with Crippen molar-refractivity contribution in [3.05, 3.63) is 0 Å².